The number of nitrogens with one attached hydrogen (secondary N) is 1. The first-order valence-corrected chi connectivity index (χ1v) is 7.52. The number of amides is 1. The van der Waals surface area contributed by atoms with E-state index in [9.17, 15) is 18.4 Å². The highest BCUT2D eigenvalue weighted by Gasteiger charge is 2.28. The van der Waals surface area contributed by atoms with Crippen LogP contribution in [-0.2, 0) is 7.05 Å². The molecule has 0 bridgehead atoms. The Morgan fingerprint density at radius 1 is 1.36 bits per heavy atom. The van der Waals surface area contributed by atoms with E-state index in [1.165, 1.54) is 12.1 Å². The number of carboxylic acids is 1. The van der Waals surface area contributed by atoms with Crippen molar-refractivity contribution < 1.29 is 28.2 Å². The molecule has 1 amide bonds. The van der Waals surface area contributed by atoms with Crippen LogP contribution in [0.3, 0.4) is 0 Å². The van der Waals surface area contributed by atoms with Gasteiger partial charge < -0.3 is 15.2 Å². The molecule has 0 spiro atoms. The number of halogens is 2. The Hall–Kier alpha value is -2.97. The second kappa shape index (κ2) is 6.50. The van der Waals surface area contributed by atoms with Crippen LogP contribution in [0.25, 0.3) is 0 Å². The fraction of sp³-hybridized carbons (Fsp3) is 0.312. The van der Waals surface area contributed by atoms with Gasteiger partial charge in [-0.15, -0.1) is 0 Å². The molecule has 1 heterocycles. The van der Waals surface area contributed by atoms with Crippen molar-refractivity contribution in [2.24, 2.45) is 7.05 Å². The molecular formula is C16H15F2N3O4. The van der Waals surface area contributed by atoms with Crippen molar-refractivity contribution in [3.8, 4) is 5.75 Å². The molecule has 0 aliphatic heterocycles. The van der Waals surface area contributed by atoms with Crippen molar-refractivity contribution in [1.82, 2.24) is 9.78 Å². The van der Waals surface area contributed by atoms with Crippen LogP contribution in [0.4, 0.5) is 14.5 Å². The van der Waals surface area contributed by atoms with Gasteiger partial charge in [0, 0.05) is 18.7 Å². The average Bonchev–Trinajstić information content (AvgIpc) is 3.30. The van der Waals surface area contributed by atoms with Crippen molar-refractivity contribution in [3.05, 3.63) is 41.2 Å². The van der Waals surface area contributed by atoms with Crippen LogP contribution < -0.4 is 10.1 Å². The zero-order valence-electron chi connectivity index (χ0n) is 13.2. The molecule has 7 nitrogen and oxygen atoms in total. The van der Waals surface area contributed by atoms with Crippen molar-refractivity contribution >= 4 is 17.6 Å². The molecule has 25 heavy (non-hydrogen) atoms. The minimum absolute atomic E-state index is 0.0612. The fourth-order valence-electron chi connectivity index (χ4n) is 2.49. The minimum Gasteiger partial charge on any atom is -0.478 e. The van der Waals surface area contributed by atoms with Gasteiger partial charge >= 0.3 is 12.6 Å². The summed E-state index contributed by atoms with van der Waals surface area (Å²) in [6.45, 7) is -3.16. The third kappa shape index (κ3) is 3.76. The summed E-state index contributed by atoms with van der Waals surface area (Å²) in [6.07, 6.45) is 2.09. The lowest BCUT2D eigenvalue weighted by atomic mass is 10.2. The molecule has 1 aliphatic rings. The third-order valence-corrected chi connectivity index (χ3v) is 3.84. The standard InChI is InChI=1S/C16H15F2N3O4/c1-21-12(8-2-3-8)7-11(20-21)14(22)19-10-5-4-9(15(23)24)6-13(10)25-16(17)18/h4-8,16H,2-3H2,1H3,(H,19,22)(H,23,24). The number of hydrogen-bond donors (Lipinski definition) is 2. The van der Waals surface area contributed by atoms with Gasteiger partial charge in [-0.25, -0.2) is 4.79 Å². The van der Waals surface area contributed by atoms with Gasteiger partial charge in [-0.1, -0.05) is 0 Å². The summed E-state index contributed by atoms with van der Waals surface area (Å²) in [7, 11) is 1.73. The SMILES string of the molecule is Cn1nc(C(=O)Nc2ccc(C(=O)O)cc2OC(F)F)cc1C1CC1. The highest BCUT2D eigenvalue weighted by atomic mass is 19.3. The molecule has 0 unspecified atom stereocenters. The normalized spacial score (nSPS) is 13.8. The van der Waals surface area contributed by atoms with Gasteiger partial charge in [-0.2, -0.15) is 13.9 Å². The molecule has 0 saturated heterocycles. The summed E-state index contributed by atoms with van der Waals surface area (Å²) < 4.78 is 31.0. The van der Waals surface area contributed by atoms with Gasteiger partial charge in [-0.05, 0) is 37.1 Å². The lowest BCUT2D eigenvalue weighted by Crippen LogP contribution is -2.15. The van der Waals surface area contributed by atoms with E-state index in [-0.39, 0.29) is 16.9 Å². The number of nitrogens with zero attached hydrogens (tertiary/aromatic N) is 2. The number of aryl methyl sites for hydroxylation is 1. The minimum atomic E-state index is -3.16. The topological polar surface area (TPSA) is 93.5 Å². The summed E-state index contributed by atoms with van der Waals surface area (Å²) in [5.41, 5.74) is 0.793. The highest BCUT2D eigenvalue weighted by Crippen LogP contribution is 2.40. The summed E-state index contributed by atoms with van der Waals surface area (Å²) in [5.74, 6) is -1.92. The van der Waals surface area contributed by atoms with Crippen LogP contribution in [-0.4, -0.2) is 33.4 Å². The van der Waals surface area contributed by atoms with E-state index < -0.39 is 24.2 Å². The zero-order valence-corrected chi connectivity index (χ0v) is 13.2. The van der Waals surface area contributed by atoms with Crippen LogP contribution >= 0.6 is 0 Å². The molecule has 1 aromatic carbocycles. The molecule has 2 aromatic rings. The van der Waals surface area contributed by atoms with E-state index in [4.69, 9.17) is 5.11 Å². The largest absolute Gasteiger partial charge is 0.478 e. The number of ether oxygens (including phenoxy) is 1. The molecule has 0 atom stereocenters. The maximum atomic E-state index is 12.5. The first-order valence-electron chi connectivity index (χ1n) is 7.52. The molecular weight excluding hydrogens is 336 g/mol. The second-order valence-electron chi connectivity index (χ2n) is 5.70. The number of benzene rings is 1. The molecule has 9 heteroatoms. The summed E-state index contributed by atoms with van der Waals surface area (Å²) in [4.78, 5) is 23.3. The summed E-state index contributed by atoms with van der Waals surface area (Å²) in [6, 6.07) is 4.97. The van der Waals surface area contributed by atoms with Gasteiger partial charge in [0.05, 0.1) is 11.3 Å². The van der Waals surface area contributed by atoms with Crippen molar-refractivity contribution in [2.75, 3.05) is 5.32 Å². The number of carbonyl (C=O) groups excluding carboxylic acids is 1. The van der Waals surface area contributed by atoms with Gasteiger partial charge in [0.2, 0.25) is 0 Å². The van der Waals surface area contributed by atoms with Gasteiger partial charge in [0.25, 0.3) is 5.91 Å². The smallest absolute Gasteiger partial charge is 0.387 e. The lowest BCUT2D eigenvalue weighted by molar-refractivity contribution is -0.0494. The van der Waals surface area contributed by atoms with E-state index in [1.54, 1.807) is 17.8 Å². The molecule has 1 saturated carbocycles. The van der Waals surface area contributed by atoms with E-state index in [0.29, 0.717) is 5.92 Å². The number of aromatic carboxylic acids is 1. The first-order chi connectivity index (χ1) is 11.8. The fourth-order valence-corrected chi connectivity index (χ4v) is 2.49. The number of rotatable bonds is 6. The predicted octanol–water partition coefficient (Wildman–Crippen LogP) is 2.85. The second-order valence-corrected chi connectivity index (χ2v) is 5.70. The van der Waals surface area contributed by atoms with Crippen molar-refractivity contribution in [3.63, 3.8) is 0 Å². The molecule has 3 rings (SSSR count). The van der Waals surface area contributed by atoms with E-state index in [0.717, 1.165) is 24.6 Å². The number of aromatic nitrogens is 2. The number of anilines is 1. The molecule has 0 radical (unpaired) electrons. The molecule has 1 aromatic heterocycles. The number of carbonyl (C=O) groups is 2. The first kappa shape index (κ1) is 16.9. The van der Waals surface area contributed by atoms with Crippen LogP contribution in [0.1, 0.15) is 45.3 Å². The Balaban J connectivity index is 1.84. The molecule has 2 N–H and O–H groups in total. The van der Waals surface area contributed by atoms with Gasteiger partial charge in [-0.3, -0.25) is 9.48 Å². The Bertz CT molecular complexity index is 831. The predicted molar refractivity (Wildman–Crippen MR) is 83.2 cm³/mol. The Kier molecular flexibility index (Phi) is 4.39. The monoisotopic (exact) mass is 351 g/mol. The van der Waals surface area contributed by atoms with E-state index >= 15 is 0 Å². The summed E-state index contributed by atoms with van der Waals surface area (Å²) >= 11 is 0. The molecule has 1 aliphatic carbocycles. The van der Waals surface area contributed by atoms with Crippen LogP contribution in [0, 0.1) is 0 Å². The maximum absolute atomic E-state index is 12.5. The van der Waals surface area contributed by atoms with E-state index in [1.807, 2.05) is 0 Å². The maximum Gasteiger partial charge on any atom is 0.387 e. The Morgan fingerprint density at radius 2 is 2.08 bits per heavy atom. The lowest BCUT2D eigenvalue weighted by Gasteiger charge is -2.12. The van der Waals surface area contributed by atoms with Crippen LogP contribution in [0.15, 0.2) is 24.3 Å². The molecule has 132 valence electrons. The zero-order chi connectivity index (χ0) is 18.1. The van der Waals surface area contributed by atoms with Gasteiger partial charge in [0.15, 0.2) is 5.69 Å². The quantitative estimate of drug-likeness (QED) is 0.835. The van der Waals surface area contributed by atoms with Gasteiger partial charge in [0.1, 0.15) is 5.75 Å². The summed E-state index contributed by atoms with van der Waals surface area (Å²) in [5, 5.41) is 15.5. The Labute approximate surface area is 141 Å². The van der Waals surface area contributed by atoms with Crippen molar-refractivity contribution in [1.29, 1.82) is 0 Å². The number of carboxylic acid groups (broad SMARTS) is 1. The average molecular weight is 351 g/mol. The van der Waals surface area contributed by atoms with E-state index in [2.05, 4.69) is 15.2 Å². The highest BCUT2D eigenvalue weighted by molar-refractivity contribution is 6.04. The molecule has 1 fully saturated rings. The van der Waals surface area contributed by atoms with Crippen molar-refractivity contribution in [2.45, 2.75) is 25.4 Å². The Morgan fingerprint density at radius 3 is 2.68 bits per heavy atom. The third-order valence-electron chi connectivity index (χ3n) is 3.84. The van der Waals surface area contributed by atoms with Crippen LogP contribution in [0.2, 0.25) is 0 Å². The number of alkyl halides is 2. The van der Waals surface area contributed by atoms with Crippen LogP contribution in [0.5, 0.6) is 5.75 Å². The number of hydrogen-bond acceptors (Lipinski definition) is 4.